The predicted molar refractivity (Wildman–Crippen MR) is 92.5 cm³/mol. The topological polar surface area (TPSA) is 61.6 Å². The monoisotopic (exact) mass is 328 g/mol. The normalized spacial score (nSPS) is 15.7. The van der Waals surface area contributed by atoms with Crippen LogP contribution in [-0.2, 0) is 0 Å². The number of rotatable bonds is 4. The molecule has 1 N–H and O–H groups in total. The molecule has 1 aliphatic rings. The van der Waals surface area contributed by atoms with E-state index in [0.29, 0.717) is 25.2 Å². The highest BCUT2D eigenvalue weighted by Crippen LogP contribution is 2.19. The molecule has 1 saturated heterocycles. The van der Waals surface area contributed by atoms with Crippen molar-refractivity contribution in [1.29, 1.82) is 0 Å². The van der Waals surface area contributed by atoms with Crippen molar-refractivity contribution in [3.8, 4) is 5.69 Å². The van der Waals surface area contributed by atoms with E-state index in [9.17, 15) is 4.79 Å². The number of para-hydroxylation sites is 1. The van der Waals surface area contributed by atoms with Gasteiger partial charge in [0.25, 0.3) is 5.91 Å². The van der Waals surface area contributed by atoms with Crippen LogP contribution in [0.3, 0.4) is 0 Å². The number of piperazine rings is 1. The maximum absolute atomic E-state index is 12.8. The van der Waals surface area contributed by atoms with E-state index < -0.39 is 0 Å². The molecular weight excluding hydrogens is 304 g/mol. The van der Waals surface area contributed by atoms with Crippen molar-refractivity contribution in [2.75, 3.05) is 39.3 Å². The number of nitrogens with zero attached hydrogens (tertiary/aromatic N) is 4. The smallest absolute Gasteiger partial charge is 0.257 e. The minimum atomic E-state index is 0.0379. The number of benzene rings is 1. The second-order valence-electron chi connectivity index (χ2n) is 6.20. The van der Waals surface area contributed by atoms with Crippen molar-refractivity contribution in [3.05, 3.63) is 47.3 Å². The summed E-state index contributed by atoms with van der Waals surface area (Å²) in [5.41, 5.74) is 3.66. The molecule has 3 rings (SSSR count). The number of aliphatic hydroxyl groups is 1. The highest BCUT2D eigenvalue weighted by Gasteiger charge is 2.25. The molecule has 128 valence electrons. The Bertz CT molecular complexity index is 718. The van der Waals surface area contributed by atoms with Gasteiger partial charge >= 0.3 is 0 Å². The van der Waals surface area contributed by atoms with Gasteiger partial charge in [-0.15, -0.1) is 0 Å². The molecule has 1 aromatic heterocycles. The van der Waals surface area contributed by atoms with E-state index in [2.05, 4.69) is 10.00 Å². The third kappa shape index (κ3) is 3.20. The number of β-amino-alcohol motifs (C(OH)–C–C–N with tert-alkyl or cyclic N) is 1. The van der Waals surface area contributed by atoms with Crippen molar-refractivity contribution >= 4 is 5.91 Å². The first kappa shape index (κ1) is 16.7. The number of aryl methyl sites for hydroxylation is 1. The molecule has 1 aromatic carbocycles. The largest absolute Gasteiger partial charge is 0.395 e. The summed E-state index contributed by atoms with van der Waals surface area (Å²) in [6, 6.07) is 8.02. The lowest BCUT2D eigenvalue weighted by Crippen LogP contribution is -2.49. The minimum absolute atomic E-state index is 0.0379. The van der Waals surface area contributed by atoms with Crippen molar-refractivity contribution < 1.29 is 9.90 Å². The number of carbonyl (C=O) groups excluding carboxylic acids is 1. The van der Waals surface area contributed by atoms with E-state index in [1.165, 1.54) is 0 Å². The second-order valence-corrected chi connectivity index (χ2v) is 6.20. The zero-order chi connectivity index (χ0) is 17.1. The molecule has 0 spiro atoms. The van der Waals surface area contributed by atoms with E-state index in [1.54, 1.807) is 6.20 Å². The third-order valence-electron chi connectivity index (χ3n) is 4.66. The molecule has 1 fully saturated rings. The lowest BCUT2D eigenvalue weighted by Gasteiger charge is -2.34. The summed E-state index contributed by atoms with van der Waals surface area (Å²) in [6.07, 6.45) is 1.67. The van der Waals surface area contributed by atoms with Crippen LogP contribution in [0.25, 0.3) is 5.69 Å². The Balaban J connectivity index is 1.77. The summed E-state index contributed by atoms with van der Waals surface area (Å²) >= 11 is 0. The van der Waals surface area contributed by atoms with Crippen LogP contribution < -0.4 is 0 Å². The van der Waals surface area contributed by atoms with Gasteiger partial charge in [-0.1, -0.05) is 18.2 Å². The summed E-state index contributed by atoms with van der Waals surface area (Å²) in [6.45, 7) is 7.80. The fourth-order valence-corrected chi connectivity index (χ4v) is 3.15. The van der Waals surface area contributed by atoms with Crippen LogP contribution in [0.5, 0.6) is 0 Å². The summed E-state index contributed by atoms with van der Waals surface area (Å²) in [7, 11) is 0. The molecule has 2 heterocycles. The molecule has 1 amide bonds. The summed E-state index contributed by atoms with van der Waals surface area (Å²) in [4.78, 5) is 16.9. The summed E-state index contributed by atoms with van der Waals surface area (Å²) in [5.74, 6) is 0.0379. The molecule has 1 aliphatic heterocycles. The molecule has 6 heteroatoms. The molecule has 0 unspecified atom stereocenters. The number of hydrogen-bond acceptors (Lipinski definition) is 4. The second kappa shape index (κ2) is 7.15. The number of aliphatic hydroxyl groups excluding tert-OH is 1. The average molecular weight is 328 g/mol. The zero-order valence-electron chi connectivity index (χ0n) is 14.3. The Labute approximate surface area is 142 Å². The lowest BCUT2D eigenvalue weighted by atomic mass is 10.1. The fourth-order valence-electron chi connectivity index (χ4n) is 3.15. The molecule has 0 saturated carbocycles. The van der Waals surface area contributed by atoms with Crippen molar-refractivity contribution in [1.82, 2.24) is 19.6 Å². The van der Waals surface area contributed by atoms with Crippen LogP contribution in [0.4, 0.5) is 0 Å². The first-order valence-electron chi connectivity index (χ1n) is 8.35. The van der Waals surface area contributed by atoms with E-state index in [0.717, 1.165) is 30.0 Å². The third-order valence-corrected chi connectivity index (χ3v) is 4.66. The van der Waals surface area contributed by atoms with Crippen LogP contribution in [0.1, 0.15) is 21.6 Å². The average Bonchev–Trinajstić information content (AvgIpc) is 2.97. The maximum atomic E-state index is 12.8. The van der Waals surface area contributed by atoms with E-state index in [4.69, 9.17) is 5.11 Å². The molecule has 24 heavy (non-hydrogen) atoms. The van der Waals surface area contributed by atoms with Crippen LogP contribution in [0, 0.1) is 13.8 Å². The fraction of sp³-hybridized carbons (Fsp3) is 0.444. The number of amides is 1. The van der Waals surface area contributed by atoms with Gasteiger partial charge in [-0.25, -0.2) is 4.68 Å². The van der Waals surface area contributed by atoms with E-state index >= 15 is 0 Å². The van der Waals surface area contributed by atoms with Crippen molar-refractivity contribution in [3.63, 3.8) is 0 Å². The lowest BCUT2D eigenvalue weighted by molar-refractivity contribution is 0.0614. The quantitative estimate of drug-likeness (QED) is 0.917. The first-order valence-corrected chi connectivity index (χ1v) is 8.35. The Hall–Kier alpha value is -2.18. The molecule has 0 radical (unpaired) electrons. The Morgan fingerprint density at radius 3 is 2.54 bits per heavy atom. The van der Waals surface area contributed by atoms with Crippen LogP contribution in [0.15, 0.2) is 30.5 Å². The van der Waals surface area contributed by atoms with Gasteiger partial charge in [-0.05, 0) is 25.5 Å². The zero-order valence-corrected chi connectivity index (χ0v) is 14.3. The van der Waals surface area contributed by atoms with Gasteiger partial charge in [0.05, 0.1) is 29.7 Å². The van der Waals surface area contributed by atoms with Crippen LogP contribution >= 0.6 is 0 Å². The molecule has 2 aromatic rings. The predicted octanol–water partition coefficient (Wildman–Crippen LogP) is 1.24. The molecule has 6 nitrogen and oxygen atoms in total. The Kier molecular flexibility index (Phi) is 4.97. The number of hydrogen-bond donors (Lipinski definition) is 1. The minimum Gasteiger partial charge on any atom is -0.395 e. The van der Waals surface area contributed by atoms with E-state index in [-0.39, 0.29) is 12.5 Å². The van der Waals surface area contributed by atoms with Gasteiger partial charge in [-0.3, -0.25) is 9.69 Å². The van der Waals surface area contributed by atoms with Gasteiger partial charge in [0.2, 0.25) is 0 Å². The summed E-state index contributed by atoms with van der Waals surface area (Å²) < 4.78 is 1.84. The van der Waals surface area contributed by atoms with Crippen molar-refractivity contribution in [2.24, 2.45) is 0 Å². The van der Waals surface area contributed by atoms with Gasteiger partial charge < -0.3 is 10.0 Å². The van der Waals surface area contributed by atoms with E-state index in [1.807, 2.05) is 47.7 Å². The Morgan fingerprint density at radius 1 is 1.17 bits per heavy atom. The van der Waals surface area contributed by atoms with Gasteiger partial charge in [-0.2, -0.15) is 5.10 Å². The standard InChI is InChI=1S/C18H24N4O2/c1-14-5-3-4-6-17(14)22-15(2)16(13-19-22)18(24)21-9-7-20(8-10-21)11-12-23/h3-6,13,23H,7-12H2,1-2H3. The van der Waals surface area contributed by atoms with Gasteiger partial charge in [0.1, 0.15) is 0 Å². The van der Waals surface area contributed by atoms with Gasteiger partial charge in [0.15, 0.2) is 0 Å². The highest BCUT2D eigenvalue weighted by molar-refractivity contribution is 5.95. The number of carbonyl (C=O) groups is 1. The highest BCUT2D eigenvalue weighted by atomic mass is 16.3. The Morgan fingerprint density at radius 2 is 1.88 bits per heavy atom. The molecular formula is C18H24N4O2. The van der Waals surface area contributed by atoms with Crippen molar-refractivity contribution in [2.45, 2.75) is 13.8 Å². The SMILES string of the molecule is Cc1ccccc1-n1ncc(C(=O)N2CCN(CCO)CC2)c1C. The number of aromatic nitrogens is 2. The first-order chi connectivity index (χ1) is 11.6. The molecule has 0 bridgehead atoms. The molecule has 0 aliphatic carbocycles. The summed E-state index contributed by atoms with van der Waals surface area (Å²) in [5, 5.41) is 13.4. The van der Waals surface area contributed by atoms with Gasteiger partial charge in [0, 0.05) is 32.7 Å². The molecule has 0 atom stereocenters. The van der Waals surface area contributed by atoms with Crippen LogP contribution in [0.2, 0.25) is 0 Å². The maximum Gasteiger partial charge on any atom is 0.257 e. The van der Waals surface area contributed by atoms with Crippen LogP contribution in [-0.4, -0.2) is 69.9 Å².